The van der Waals surface area contributed by atoms with E-state index in [4.69, 9.17) is 0 Å². The molecular formula is C21H27N3O2S2. The van der Waals surface area contributed by atoms with Gasteiger partial charge in [0.1, 0.15) is 6.04 Å². The number of thioether (sulfide) groups is 1. The maximum absolute atomic E-state index is 12.9. The summed E-state index contributed by atoms with van der Waals surface area (Å²) >= 11 is 3.20. The van der Waals surface area contributed by atoms with Crippen LogP contribution >= 0.6 is 23.1 Å². The van der Waals surface area contributed by atoms with Crippen molar-refractivity contribution in [2.45, 2.75) is 52.5 Å². The molecule has 0 radical (unpaired) electrons. The van der Waals surface area contributed by atoms with Gasteiger partial charge in [-0.2, -0.15) is 0 Å². The van der Waals surface area contributed by atoms with E-state index < -0.39 is 6.04 Å². The summed E-state index contributed by atoms with van der Waals surface area (Å²) in [6, 6.07) is 5.40. The summed E-state index contributed by atoms with van der Waals surface area (Å²) in [4.78, 5) is 32.0. The number of amides is 2. The normalized spacial score (nSPS) is 17.0. The zero-order chi connectivity index (χ0) is 20.5. The van der Waals surface area contributed by atoms with Crippen LogP contribution in [0.2, 0.25) is 0 Å². The monoisotopic (exact) mass is 417 g/mol. The predicted molar refractivity (Wildman–Crippen MR) is 117 cm³/mol. The number of carbonyl (C=O) groups is 2. The minimum atomic E-state index is -0.446. The molecule has 1 saturated heterocycles. The number of carbonyl (C=O) groups excluding carboxylic acids is 2. The molecule has 1 unspecified atom stereocenters. The number of anilines is 1. The third-order valence-corrected chi connectivity index (χ3v) is 7.22. The number of aryl methyl sites for hydroxylation is 1. The highest BCUT2D eigenvalue weighted by atomic mass is 32.2. The number of nitrogens with one attached hydrogen (secondary N) is 1. The second kappa shape index (κ2) is 8.25. The molecule has 0 spiro atoms. The lowest BCUT2D eigenvalue weighted by atomic mass is 9.98. The van der Waals surface area contributed by atoms with Gasteiger partial charge in [-0.3, -0.25) is 9.59 Å². The molecule has 1 atom stereocenters. The van der Waals surface area contributed by atoms with Gasteiger partial charge >= 0.3 is 0 Å². The number of rotatable bonds is 4. The third-order valence-electron chi connectivity index (χ3n) is 4.89. The van der Waals surface area contributed by atoms with E-state index in [0.717, 1.165) is 27.5 Å². The topological polar surface area (TPSA) is 62.3 Å². The highest BCUT2D eigenvalue weighted by Gasteiger charge is 2.35. The van der Waals surface area contributed by atoms with Crippen molar-refractivity contribution >= 4 is 40.6 Å². The maximum Gasteiger partial charge on any atom is 0.248 e. The number of nitrogens with zero attached hydrogens (tertiary/aromatic N) is 2. The molecule has 0 bridgehead atoms. The van der Waals surface area contributed by atoms with Gasteiger partial charge < -0.3 is 10.2 Å². The van der Waals surface area contributed by atoms with Crippen molar-refractivity contribution in [2.24, 2.45) is 0 Å². The molecule has 1 fully saturated rings. The molecule has 2 heterocycles. The fraction of sp³-hybridized carbons (Fsp3) is 0.476. The van der Waals surface area contributed by atoms with Crippen molar-refractivity contribution in [3.63, 3.8) is 0 Å². The van der Waals surface area contributed by atoms with E-state index >= 15 is 0 Å². The average Bonchev–Trinajstić information content (AvgIpc) is 3.27. The van der Waals surface area contributed by atoms with E-state index in [1.807, 2.05) is 37.4 Å². The van der Waals surface area contributed by atoms with Crippen molar-refractivity contribution in [3.05, 3.63) is 45.4 Å². The minimum Gasteiger partial charge on any atom is -0.324 e. The zero-order valence-corrected chi connectivity index (χ0v) is 18.7. The van der Waals surface area contributed by atoms with E-state index in [9.17, 15) is 9.59 Å². The van der Waals surface area contributed by atoms with Gasteiger partial charge in [-0.25, -0.2) is 4.98 Å². The summed E-state index contributed by atoms with van der Waals surface area (Å²) in [5.41, 5.74) is 3.75. The Morgan fingerprint density at radius 3 is 2.71 bits per heavy atom. The summed E-state index contributed by atoms with van der Waals surface area (Å²) in [6.45, 7) is 10.4. The first-order chi connectivity index (χ1) is 13.2. The Hall–Kier alpha value is -1.86. The van der Waals surface area contributed by atoms with Crippen LogP contribution < -0.4 is 5.32 Å². The number of thiazole rings is 1. The van der Waals surface area contributed by atoms with Gasteiger partial charge in [0.25, 0.3) is 0 Å². The Kier molecular flexibility index (Phi) is 6.15. The minimum absolute atomic E-state index is 0.0242. The first-order valence-corrected chi connectivity index (χ1v) is 11.4. The van der Waals surface area contributed by atoms with Crippen LogP contribution in [0.3, 0.4) is 0 Å². The summed E-state index contributed by atoms with van der Waals surface area (Å²) in [5.74, 6) is 0.991. The molecule has 3 rings (SSSR count). The molecule has 1 aliphatic rings. The van der Waals surface area contributed by atoms with E-state index in [-0.39, 0.29) is 23.7 Å². The van der Waals surface area contributed by atoms with Gasteiger partial charge in [-0.05, 0) is 31.0 Å². The van der Waals surface area contributed by atoms with Gasteiger partial charge in [0.2, 0.25) is 11.8 Å². The Bertz CT molecular complexity index is 886. The molecule has 0 saturated carbocycles. The zero-order valence-electron chi connectivity index (χ0n) is 17.0. The quantitative estimate of drug-likeness (QED) is 0.812. The van der Waals surface area contributed by atoms with E-state index in [1.165, 1.54) is 0 Å². The molecule has 7 heteroatoms. The standard InChI is InChI=1S/C21H27N3O2S2/c1-13-7-6-8-16(14(13)2)23-19(26)17-11-27-12-24(17)18(25)9-15-10-28-20(22-15)21(3,4)5/h6-8,10,17H,9,11-12H2,1-5H3,(H,23,26). The smallest absolute Gasteiger partial charge is 0.248 e. The summed E-state index contributed by atoms with van der Waals surface area (Å²) < 4.78 is 0. The van der Waals surface area contributed by atoms with Crippen LogP contribution in [0.5, 0.6) is 0 Å². The summed E-state index contributed by atoms with van der Waals surface area (Å²) in [6.07, 6.45) is 0.237. The lowest BCUT2D eigenvalue weighted by Crippen LogP contribution is -2.45. The fourth-order valence-corrected chi connectivity index (χ4v) is 5.09. The molecule has 1 N–H and O–H groups in total. The average molecular weight is 418 g/mol. The summed E-state index contributed by atoms with van der Waals surface area (Å²) in [7, 11) is 0. The van der Waals surface area contributed by atoms with Crippen LogP contribution in [-0.2, 0) is 21.4 Å². The number of aromatic nitrogens is 1. The van der Waals surface area contributed by atoms with Crippen LogP contribution in [0.25, 0.3) is 0 Å². The van der Waals surface area contributed by atoms with Crippen LogP contribution in [0, 0.1) is 13.8 Å². The van der Waals surface area contributed by atoms with Crippen LogP contribution in [0.4, 0.5) is 5.69 Å². The highest BCUT2D eigenvalue weighted by molar-refractivity contribution is 7.99. The predicted octanol–water partition coefficient (Wildman–Crippen LogP) is 4.14. The van der Waals surface area contributed by atoms with Gasteiger partial charge in [-0.1, -0.05) is 32.9 Å². The SMILES string of the molecule is Cc1cccc(NC(=O)C2CSCN2C(=O)Cc2csc(C(C)(C)C)n2)c1C. The molecule has 1 aliphatic heterocycles. The molecule has 2 amide bonds. The lowest BCUT2D eigenvalue weighted by molar-refractivity contribution is -0.135. The van der Waals surface area contributed by atoms with Crippen molar-refractivity contribution in [2.75, 3.05) is 16.9 Å². The van der Waals surface area contributed by atoms with Crippen molar-refractivity contribution < 1.29 is 9.59 Å². The Morgan fingerprint density at radius 1 is 1.29 bits per heavy atom. The van der Waals surface area contributed by atoms with Crippen molar-refractivity contribution in [1.29, 1.82) is 0 Å². The molecule has 1 aromatic heterocycles. The van der Waals surface area contributed by atoms with Gasteiger partial charge in [0.15, 0.2) is 0 Å². The highest BCUT2D eigenvalue weighted by Crippen LogP contribution is 2.27. The van der Waals surface area contributed by atoms with Crippen LogP contribution in [0.1, 0.15) is 42.6 Å². The Labute approximate surface area is 174 Å². The van der Waals surface area contributed by atoms with Gasteiger partial charge in [0.05, 0.1) is 23.0 Å². The largest absolute Gasteiger partial charge is 0.324 e. The van der Waals surface area contributed by atoms with E-state index in [0.29, 0.717) is 11.6 Å². The number of hydrogen-bond acceptors (Lipinski definition) is 5. The first kappa shape index (κ1) is 20.9. The van der Waals surface area contributed by atoms with Gasteiger partial charge in [0, 0.05) is 22.2 Å². The second-order valence-corrected chi connectivity index (χ2v) is 10.0. The molecule has 28 heavy (non-hydrogen) atoms. The first-order valence-electron chi connectivity index (χ1n) is 9.36. The lowest BCUT2D eigenvalue weighted by Gasteiger charge is -2.23. The molecule has 2 aromatic rings. The second-order valence-electron chi connectivity index (χ2n) is 8.19. The Morgan fingerprint density at radius 2 is 2.04 bits per heavy atom. The molecule has 5 nitrogen and oxygen atoms in total. The van der Waals surface area contributed by atoms with E-state index in [1.54, 1.807) is 28.0 Å². The van der Waals surface area contributed by atoms with Crippen LogP contribution in [0.15, 0.2) is 23.6 Å². The van der Waals surface area contributed by atoms with Crippen molar-refractivity contribution in [1.82, 2.24) is 9.88 Å². The van der Waals surface area contributed by atoms with Gasteiger partial charge in [-0.15, -0.1) is 23.1 Å². The number of benzene rings is 1. The maximum atomic E-state index is 12.9. The summed E-state index contributed by atoms with van der Waals surface area (Å²) in [5, 5.41) is 5.98. The molecule has 150 valence electrons. The Balaban J connectivity index is 1.68. The molecule has 1 aromatic carbocycles. The molecular weight excluding hydrogens is 390 g/mol. The molecule has 0 aliphatic carbocycles. The fourth-order valence-electron chi connectivity index (χ4n) is 3.00. The van der Waals surface area contributed by atoms with Crippen LogP contribution in [-0.4, -0.2) is 39.4 Å². The number of hydrogen-bond donors (Lipinski definition) is 1. The third kappa shape index (κ3) is 4.58. The van der Waals surface area contributed by atoms with Crippen molar-refractivity contribution in [3.8, 4) is 0 Å². The van der Waals surface area contributed by atoms with E-state index in [2.05, 4.69) is 31.1 Å².